The highest BCUT2D eigenvalue weighted by Crippen LogP contribution is 2.41. The summed E-state index contributed by atoms with van der Waals surface area (Å²) < 4.78 is 37.6. The molecule has 1 saturated carbocycles. The van der Waals surface area contributed by atoms with Gasteiger partial charge >= 0.3 is 6.18 Å². The largest absolute Gasteiger partial charge is 0.416 e. The van der Waals surface area contributed by atoms with Gasteiger partial charge in [0.25, 0.3) is 0 Å². The van der Waals surface area contributed by atoms with Crippen molar-refractivity contribution in [2.24, 2.45) is 11.8 Å². The Balaban J connectivity index is 1.53. The fourth-order valence-corrected chi connectivity index (χ4v) is 3.26. The molecule has 2 atom stereocenters. The number of amides is 2. The monoisotopic (exact) mass is 354 g/mol. The van der Waals surface area contributed by atoms with Crippen molar-refractivity contribution >= 4 is 17.5 Å². The molecule has 1 aromatic carbocycles. The summed E-state index contributed by atoms with van der Waals surface area (Å²) in [4.78, 5) is 26.5. The number of nitrogens with zero attached hydrogens (tertiary/aromatic N) is 1. The first-order valence-corrected chi connectivity index (χ1v) is 8.63. The van der Waals surface area contributed by atoms with E-state index in [0.717, 1.165) is 50.9 Å². The molecule has 0 aromatic heterocycles. The minimum absolute atomic E-state index is 0.0365. The van der Waals surface area contributed by atoms with E-state index in [0.29, 0.717) is 12.1 Å². The Morgan fingerprint density at radius 2 is 1.56 bits per heavy atom. The Hall–Kier alpha value is -2.05. The zero-order chi connectivity index (χ0) is 18.0. The summed E-state index contributed by atoms with van der Waals surface area (Å²) in [5, 5.41) is 2.61. The molecule has 25 heavy (non-hydrogen) atoms. The average Bonchev–Trinajstić information content (AvgIpc) is 3.38. The number of hydrogen-bond donors (Lipinski definition) is 1. The van der Waals surface area contributed by atoms with Gasteiger partial charge in [-0.3, -0.25) is 9.59 Å². The highest BCUT2D eigenvalue weighted by atomic mass is 19.4. The first-order valence-electron chi connectivity index (χ1n) is 8.63. The van der Waals surface area contributed by atoms with Crippen molar-refractivity contribution in [2.45, 2.75) is 38.3 Å². The number of hydrogen-bond acceptors (Lipinski definition) is 2. The summed E-state index contributed by atoms with van der Waals surface area (Å²) in [6, 6.07) is 4.33. The van der Waals surface area contributed by atoms with Crippen molar-refractivity contribution < 1.29 is 22.8 Å². The van der Waals surface area contributed by atoms with Crippen LogP contribution in [0.3, 0.4) is 0 Å². The predicted octanol–water partition coefficient (Wildman–Crippen LogP) is 3.68. The highest BCUT2D eigenvalue weighted by Gasteiger charge is 2.49. The number of alkyl halides is 3. The number of halogens is 3. The van der Waals surface area contributed by atoms with E-state index in [9.17, 15) is 22.8 Å². The number of nitrogens with one attached hydrogen (secondary N) is 1. The Bertz CT molecular complexity index is 635. The van der Waals surface area contributed by atoms with E-state index in [1.165, 1.54) is 12.1 Å². The minimum Gasteiger partial charge on any atom is -0.342 e. The third-order valence-electron chi connectivity index (χ3n) is 4.84. The summed E-state index contributed by atoms with van der Waals surface area (Å²) in [6.45, 7) is 1.51. The van der Waals surface area contributed by atoms with Crippen LogP contribution >= 0.6 is 0 Å². The lowest BCUT2D eigenvalue weighted by Crippen LogP contribution is -2.34. The van der Waals surface area contributed by atoms with Crippen LogP contribution in [-0.2, 0) is 15.8 Å². The third-order valence-corrected chi connectivity index (χ3v) is 4.84. The SMILES string of the molecule is O=C(Nc1ccc(C(F)(F)F)cc1)C1CC1C(=O)N1CCCCCC1. The van der Waals surface area contributed by atoms with E-state index in [4.69, 9.17) is 0 Å². The molecule has 2 unspecified atom stereocenters. The van der Waals surface area contributed by atoms with E-state index in [1.807, 2.05) is 4.90 Å². The molecule has 0 spiro atoms. The molecule has 1 N–H and O–H groups in total. The van der Waals surface area contributed by atoms with Crippen LogP contribution in [0.4, 0.5) is 18.9 Å². The van der Waals surface area contributed by atoms with Gasteiger partial charge in [-0.2, -0.15) is 13.2 Å². The van der Waals surface area contributed by atoms with Gasteiger partial charge in [-0.05, 0) is 43.5 Å². The Kier molecular flexibility index (Phi) is 5.01. The van der Waals surface area contributed by atoms with Gasteiger partial charge in [0.2, 0.25) is 11.8 Å². The van der Waals surface area contributed by atoms with Crippen molar-refractivity contribution in [3.05, 3.63) is 29.8 Å². The molecule has 2 aliphatic rings. The van der Waals surface area contributed by atoms with E-state index >= 15 is 0 Å². The van der Waals surface area contributed by atoms with Crippen LogP contribution in [0, 0.1) is 11.8 Å². The second-order valence-electron chi connectivity index (χ2n) is 6.75. The maximum atomic E-state index is 12.5. The molecule has 3 rings (SSSR count). The molecular weight excluding hydrogens is 333 g/mol. The number of anilines is 1. The molecular formula is C18H21F3N2O2. The number of rotatable bonds is 3. The molecule has 1 saturated heterocycles. The lowest BCUT2D eigenvalue weighted by molar-refractivity contribution is -0.137. The fourth-order valence-electron chi connectivity index (χ4n) is 3.26. The van der Waals surface area contributed by atoms with Gasteiger partial charge in [-0.25, -0.2) is 0 Å². The van der Waals surface area contributed by atoms with Crippen molar-refractivity contribution in [1.29, 1.82) is 0 Å². The first-order chi connectivity index (χ1) is 11.9. The molecule has 1 aliphatic carbocycles. The van der Waals surface area contributed by atoms with Crippen molar-refractivity contribution in [1.82, 2.24) is 4.90 Å². The van der Waals surface area contributed by atoms with Crippen LogP contribution in [0.5, 0.6) is 0 Å². The second kappa shape index (κ2) is 7.06. The van der Waals surface area contributed by atoms with Crippen LogP contribution in [0.25, 0.3) is 0 Å². The van der Waals surface area contributed by atoms with Gasteiger partial charge in [0.1, 0.15) is 0 Å². The second-order valence-corrected chi connectivity index (χ2v) is 6.75. The van der Waals surface area contributed by atoms with E-state index in [-0.39, 0.29) is 23.7 Å². The quantitative estimate of drug-likeness (QED) is 0.900. The topological polar surface area (TPSA) is 49.4 Å². The Morgan fingerprint density at radius 3 is 2.12 bits per heavy atom. The number of benzene rings is 1. The summed E-state index contributed by atoms with van der Waals surface area (Å²) in [7, 11) is 0. The van der Waals surface area contributed by atoms with Crippen molar-refractivity contribution in [3.63, 3.8) is 0 Å². The van der Waals surface area contributed by atoms with Crippen LogP contribution in [0.1, 0.15) is 37.7 Å². The zero-order valence-electron chi connectivity index (χ0n) is 13.8. The first kappa shape index (κ1) is 17.8. The van der Waals surface area contributed by atoms with E-state index < -0.39 is 11.7 Å². The molecule has 1 heterocycles. The minimum atomic E-state index is -4.40. The van der Waals surface area contributed by atoms with Gasteiger partial charge in [-0.15, -0.1) is 0 Å². The van der Waals surface area contributed by atoms with Crippen LogP contribution in [0.2, 0.25) is 0 Å². The van der Waals surface area contributed by atoms with Crippen molar-refractivity contribution in [2.75, 3.05) is 18.4 Å². The molecule has 136 valence electrons. The summed E-state index contributed by atoms with van der Waals surface area (Å²) in [5.41, 5.74) is -0.447. The molecule has 0 radical (unpaired) electrons. The molecule has 4 nitrogen and oxygen atoms in total. The molecule has 2 amide bonds. The van der Waals surface area contributed by atoms with Gasteiger partial charge in [-0.1, -0.05) is 12.8 Å². The van der Waals surface area contributed by atoms with Crippen molar-refractivity contribution in [3.8, 4) is 0 Å². The van der Waals surface area contributed by atoms with Gasteiger partial charge in [0, 0.05) is 18.8 Å². The molecule has 0 bridgehead atoms. The van der Waals surface area contributed by atoms with Crippen LogP contribution in [0.15, 0.2) is 24.3 Å². The molecule has 7 heteroatoms. The normalized spacial score (nSPS) is 23.7. The highest BCUT2D eigenvalue weighted by molar-refractivity contribution is 5.99. The van der Waals surface area contributed by atoms with Gasteiger partial charge in [0.15, 0.2) is 0 Å². The summed E-state index contributed by atoms with van der Waals surface area (Å²) in [5.74, 6) is -0.923. The predicted molar refractivity (Wildman–Crippen MR) is 86.7 cm³/mol. The number of carbonyl (C=O) groups excluding carboxylic acids is 2. The lowest BCUT2D eigenvalue weighted by atomic mass is 10.2. The standard InChI is InChI=1S/C18H21F3N2O2/c19-18(20,21)12-5-7-13(8-6-12)22-16(24)14-11-15(14)17(25)23-9-3-1-2-4-10-23/h5-8,14-15H,1-4,9-11H2,(H,22,24). The Morgan fingerprint density at radius 1 is 0.960 bits per heavy atom. The van der Waals surface area contributed by atoms with Crippen LogP contribution < -0.4 is 5.32 Å². The fraction of sp³-hybridized carbons (Fsp3) is 0.556. The molecule has 2 fully saturated rings. The summed E-state index contributed by atoms with van der Waals surface area (Å²) >= 11 is 0. The summed E-state index contributed by atoms with van der Waals surface area (Å²) in [6.07, 6.45) is 0.381. The zero-order valence-corrected chi connectivity index (χ0v) is 13.8. The van der Waals surface area contributed by atoms with E-state index in [2.05, 4.69) is 5.32 Å². The van der Waals surface area contributed by atoms with Gasteiger partial charge in [0.05, 0.1) is 17.4 Å². The number of carbonyl (C=O) groups is 2. The Labute approximate surface area is 144 Å². The lowest BCUT2D eigenvalue weighted by Gasteiger charge is -2.20. The maximum Gasteiger partial charge on any atom is 0.416 e. The van der Waals surface area contributed by atoms with Crippen LogP contribution in [-0.4, -0.2) is 29.8 Å². The molecule has 1 aliphatic heterocycles. The number of likely N-dealkylation sites (tertiary alicyclic amines) is 1. The average molecular weight is 354 g/mol. The van der Waals surface area contributed by atoms with Gasteiger partial charge < -0.3 is 10.2 Å². The maximum absolute atomic E-state index is 12.5. The smallest absolute Gasteiger partial charge is 0.342 e. The third kappa shape index (κ3) is 4.32. The molecule has 1 aromatic rings. The van der Waals surface area contributed by atoms with E-state index in [1.54, 1.807) is 0 Å².